The van der Waals surface area contributed by atoms with Crippen LogP contribution in [-0.2, 0) is 27.8 Å². The average Bonchev–Trinajstić information content (AvgIpc) is 3.74. The third kappa shape index (κ3) is 4.27. The summed E-state index contributed by atoms with van der Waals surface area (Å²) in [6, 6.07) is 5.50. The SMILES string of the molecule is CCc1c2c3[nH]c1cc1nc(cc4[nH]c(cc5nc(c3CC2=O)[C@@H](CCC(=O)OC)[C@@H]5C)c(C)c4C=O)C(=O)C1(C)CC. The van der Waals surface area contributed by atoms with Crippen LogP contribution in [0.2, 0.25) is 0 Å². The quantitative estimate of drug-likeness (QED) is 0.265. The molecule has 3 atom stereocenters. The van der Waals surface area contributed by atoms with E-state index >= 15 is 0 Å². The summed E-state index contributed by atoms with van der Waals surface area (Å²) in [7, 11) is 1.38. The molecule has 0 radical (unpaired) electrons. The summed E-state index contributed by atoms with van der Waals surface area (Å²) in [6.07, 6.45) is 2.93. The number of aromatic nitrogens is 4. The minimum absolute atomic E-state index is 0.0297. The third-order valence-electron chi connectivity index (χ3n) is 9.86. The molecule has 3 aromatic rings. The van der Waals surface area contributed by atoms with Crippen LogP contribution >= 0.6 is 0 Å². The molecule has 0 amide bonds. The molecular weight excluding hydrogens is 544 g/mol. The van der Waals surface area contributed by atoms with Gasteiger partial charge in [0.2, 0.25) is 0 Å². The van der Waals surface area contributed by atoms with Crippen molar-refractivity contribution in [3.05, 3.63) is 68.8 Å². The van der Waals surface area contributed by atoms with Gasteiger partial charge in [-0.05, 0) is 62.4 Å². The fourth-order valence-electron chi connectivity index (χ4n) is 6.94. The summed E-state index contributed by atoms with van der Waals surface area (Å²) in [5.74, 6) is -0.548. The summed E-state index contributed by atoms with van der Waals surface area (Å²) >= 11 is 0. The Kier molecular flexibility index (Phi) is 6.94. The fourth-order valence-corrected chi connectivity index (χ4v) is 6.94. The molecule has 0 saturated carbocycles. The number of methoxy groups -OCH3 is 1. The highest BCUT2D eigenvalue weighted by atomic mass is 16.5. The van der Waals surface area contributed by atoms with Crippen LogP contribution < -0.4 is 0 Å². The predicted molar refractivity (Wildman–Crippen MR) is 163 cm³/mol. The first-order valence-electron chi connectivity index (χ1n) is 15.0. The van der Waals surface area contributed by atoms with Gasteiger partial charge in [-0.1, -0.05) is 20.8 Å². The highest BCUT2D eigenvalue weighted by Crippen LogP contribution is 2.44. The molecule has 0 saturated heterocycles. The number of nitrogens with zero attached hydrogens (tertiary/aromatic N) is 2. The number of aldehydes is 1. The van der Waals surface area contributed by atoms with Gasteiger partial charge in [-0.3, -0.25) is 24.2 Å². The van der Waals surface area contributed by atoms with Crippen LogP contribution in [0.15, 0.2) is 18.2 Å². The number of ether oxygens (including phenoxy) is 1. The van der Waals surface area contributed by atoms with E-state index in [1.54, 1.807) is 6.07 Å². The van der Waals surface area contributed by atoms with Crippen molar-refractivity contribution in [1.29, 1.82) is 0 Å². The van der Waals surface area contributed by atoms with Crippen molar-refractivity contribution in [3.8, 4) is 0 Å². The number of ketones is 2. The van der Waals surface area contributed by atoms with E-state index in [1.807, 2.05) is 39.8 Å². The number of carbonyl (C=O) groups excluding carboxylic acids is 4. The zero-order valence-corrected chi connectivity index (χ0v) is 25.4. The molecule has 2 N–H and O–H groups in total. The van der Waals surface area contributed by atoms with Gasteiger partial charge in [0.15, 0.2) is 17.9 Å². The number of H-pyrrole nitrogens is 2. The van der Waals surface area contributed by atoms with Crippen molar-refractivity contribution in [2.24, 2.45) is 0 Å². The number of Topliss-reactive ketones (excluding diaryl/α,β-unsaturated/α-hetero) is 2. The lowest BCUT2D eigenvalue weighted by Crippen LogP contribution is -2.27. The van der Waals surface area contributed by atoms with Crippen LogP contribution in [0.25, 0.3) is 22.1 Å². The Morgan fingerprint density at radius 2 is 1.88 bits per heavy atom. The fraction of sp³-hybridized carbons (Fsp3) is 0.412. The molecule has 1 unspecified atom stereocenters. The number of carbonyl (C=O) groups is 4. The Balaban J connectivity index is 1.77. The van der Waals surface area contributed by atoms with E-state index in [0.29, 0.717) is 47.1 Å². The van der Waals surface area contributed by atoms with Crippen molar-refractivity contribution in [2.75, 3.05) is 7.11 Å². The minimum Gasteiger partial charge on any atom is -0.469 e. The monoisotopic (exact) mass is 580 g/mol. The van der Waals surface area contributed by atoms with Crippen LogP contribution in [-0.4, -0.2) is 50.9 Å². The first-order chi connectivity index (χ1) is 20.6. The molecule has 8 bridgehead atoms. The summed E-state index contributed by atoms with van der Waals surface area (Å²) in [5, 5.41) is 0. The zero-order valence-electron chi connectivity index (χ0n) is 25.4. The average molecular weight is 581 g/mol. The predicted octanol–water partition coefficient (Wildman–Crippen LogP) is 6.13. The number of aryl methyl sites for hydroxylation is 2. The standard InChI is InChI=1S/C34H36N4O5/c1-7-18-25-14-28-34(5,8-2)33(42)26(36-28)13-24-21(15-39)17(4)22(35-24)12-23-16(3)19(9-10-29(41)43-6)31(37-23)20-11-27(40)30(18)32(20)38-25/h12-16,19,35,38H,7-11H2,1-6H3/t16-,19-,34?/m0/s1. The number of hydrogen-bond acceptors (Lipinski definition) is 7. The molecule has 9 nitrogen and oxygen atoms in total. The van der Waals surface area contributed by atoms with Gasteiger partial charge >= 0.3 is 5.97 Å². The van der Waals surface area contributed by atoms with Crippen LogP contribution in [0.1, 0.15) is 124 Å². The Morgan fingerprint density at radius 1 is 1.12 bits per heavy atom. The van der Waals surface area contributed by atoms with E-state index in [2.05, 4.69) is 16.9 Å². The van der Waals surface area contributed by atoms with Gasteiger partial charge in [-0.2, -0.15) is 0 Å². The molecule has 222 valence electrons. The van der Waals surface area contributed by atoms with Crippen molar-refractivity contribution >= 4 is 45.9 Å². The minimum atomic E-state index is -0.859. The number of esters is 1. The first-order valence-corrected chi connectivity index (χ1v) is 15.0. The topological polar surface area (TPSA) is 135 Å². The molecule has 5 heterocycles. The number of rotatable bonds is 6. The Labute approximate surface area is 249 Å². The number of fused-ring (bicyclic) bond motifs is 8. The normalized spacial score (nSPS) is 21.0. The molecule has 3 aliphatic rings. The summed E-state index contributed by atoms with van der Waals surface area (Å²) in [6.45, 7) is 9.80. The molecule has 9 heteroatoms. The molecule has 3 aromatic heterocycles. The highest BCUT2D eigenvalue weighted by Gasteiger charge is 2.41. The molecule has 43 heavy (non-hydrogen) atoms. The van der Waals surface area contributed by atoms with E-state index in [9.17, 15) is 19.2 Å². The molecular formula is C34H36N4O5. The highest BCUT2D eigenvalue weighted by molar-refractivity contribution is 6.13. The smallest absolute Gasteiger partial charge is 0.305 e. The van der Waals surface area contributed by atoms with E-state index in [1.165, 1.54) is 7.11 Å². The van der Waals surface area contributed by atoms with Crippen molar-refractivity contribution < 1.29 is 23.9 Å². The van der Waals surface area contributed by atoms with Gasteiger partial charge in [0.25, 0.3) is 0 Å². The second-order valence-electron chi connectivity index (χ2n) is 12.1. The van der Waals surface area contributed by atoms with Crippen LogP contribution in [0.4, 0.5) is 0 Å². The van der Waals surface area contributed by atoms with Gasteiger partial charge in [-0.15, -0.1) is 0 Å². The second kappa shape index (κ2) is 10.4. The summed E-state index contributed by atoms with van der Waals surface area (Å²) in [5.41, 5.74) is 7.99. The molecule has 6 rings (SSSR count). The van der Waals surface area contributed by atoms with Crippen molar-refractivity contribution in [1.82, 2.24) is 19.9 Å². The van der Waals surface area contributed by atoms with Crippen LogP contribution in [0.3, 0.4) is 0 Å². The Bertz CT molecular complexity index is 1900. The third-order valence-corrected chi connectivity index (χ3v) is 9.86. The number of nitrogens with one attached hydrogen (secondary N) is 2. The molecule has 0 fully saturated rings. The maximum atomic E-state index is 13.8. The summed E-state index contributed by atoms with van der Waals surface area (Å²) < 4.78 is 4.94. The summed E-state index contributed by atoms with van der Waals surface area (Å²) in [4.78, 5) is 68.6. The molecule has 1 aliphatic carbocycles. The van der Waals surface area contributed by atoms with Gasteiger partial charge < -0.3 is 14.7 Å². The van der Waals surface area contributed by atoms with Gasteiger partial charge in [-0.25, -0.2) is 4.98 Å². The van der Waals surface area contributed by atoms with E-state index < -0.39 is 5.41 Å². The van der Waals surface area contributed by atoms with Crippen LogP contribution in [0, 0.1) is 6.92 Å². The van der Waals surface area contributed by atoms with Crippen LogP contribution in [0.5, 0.6) is 0 Å². The lowest BCUT2D eigenvalue weighted by Gasteiger charge is -2.19. The maximum absolute atomic E-state index is 13.8. The molecule has 2 aliphatic heterocycles. The molecule has 0 spiro atoms. The van der Waals surface area contributed by atoms with E-state index in [0.717, 1.165) is 45.4 Å². The zero-order chi connectivity index (χ0) is 30.8. The lowest BCUT2D eigenvalue weighted by molar-refractivity contribution is -0.140. The number of aromatic amines is 2. The first kappa shape index (κ1) is 28.7. The Morgan fingerprint density at radius 3 is 2.56 bits per heavy atom. The van der Waals surface area contributed by atoms with E-state index in [-0.39, 0.29) is 47.9 Å². The van der Waals surface area contributed by atoms with Gasteiger partial charge in [0.1, 0.15) is 5.69 Å². The second-order valence-corrected chi connectivity index (χ2v) is 12.1. The van der Waals surface area contributed by atoms with Gasteiger partial charge in [0, 0.05) is 58.1 Å². The number of hydrogen-bond donors (Lipinski definition) is 2. The molecule has 0 aromatic carbocycles. The lowest BCUT2D eigenvalue weighted by atomic mass is 9.80. The van der Waals surface area contributed by atoms with Crippen molar-refractivity contribution in [2.45, 2.75) is 84.0 Å². The van der Waals surface area contributed by atoms with Crippen molar-refractivity contribution in [3.63, 3.8) is 0 Å². The Hall–Kier alpha value is -4.40. The largest absolute Gasteiger partial charge is 0.469 e. The maximum Gasteiger partial charge on any atom is 0.305 e. The van der Waals surface area contributed by atoms with Gasteiger partial charge in [0.05, 0.1) is 34.9 Å². The van der Waals surface area contributed by atoms with E-state index in [4.69, 9.17) is 14.7 Å².